The van der Waals surface area contributed by atoms with Gasteiger partial charge < -0.3 is 15.1 Å². The Morgan fingerprint density at radius 1 is 1.43 bits per heavy atom. The number of hydrogen-bond acceptors (Lipinski definition) is 5. The molecule has 0 saturated carbocycles. The summed E-state index contributed by atoms with van der Waals surface area (Å²) in [6.45, 7) is 4.40. The molecule has 2 aromatic heterocycles. The monoisotopic (exact) mass is 307 g/mol. The average Bonchev–Trinajstić information content (AvgIpc) is 3.04. The number of nitrogens with one attached hydrogen (secondary N) is 1. The molecule has 0 aromatic carbocycles. The molecule has 3 rings (SSSR count). The summed E-state index contributed by atoms with van der Waals surface area (Å²) in [5.74, 6) is 1.92. The molecule has 1 aliphatic rings. The van der Waals surface area contributed by atoms with Crippen LogP contribution in [0.5, 0.6) is 0 Å². The van der Waals surface area contributed by atoms with Gasteiger partial charge in [0.2, 0.25) is 0 Å². The van der Waals surface area contributed by atoms with E-state index in [-0.39, 0.29) is 0 Å². The summed E-state index contributed by atoms with van der Waals surface area (Å²) in [4.78, 5) is 10.7. The van der Waals surface area contributed by atoms with Gasteiger partial charge in [0.25, 0.3) is 0 Å². The third-order valence-electron chi connectivity index (χ3n) is 4.42. The quantitative estimate of drug-likeness (QED) is 0.915. The molecule has 0 bridgehead atoms. The Labute approximate surface area is 130 Å². The first-order valence-corrected chi connectivity index (χ1v) is 8.55. The average molecular weight is 307 g/mol. The lowest BCUT2D eigenvalue weighted by Crippen LogP contribution is -2.36. The van der Waals surface area contributed by atoms with Crippen LogP contribution in [0.2, 0.25) is 0 Å². The van der Waals surface area contributed by atoms with Crippen molar-refractivity contribution >= 4 is 22.1 Å². The Morgan fingerprint density at radius 2 is 2.19 bits per heavy atom. The van der Waals surface area contributed by atoms with E-state index >= 15 is 0 Å². The van der Waals surface area contributed by atoms with E-state index in [0.29, 0.717) is 0 Å². The second-order valence-corrected chi connectivity index (χ2v) is 6.97. The number of aromatic nitrogens is 2. The van der Waals surface area contributed by atoms with Crippen LogP contribution >= 0.6 is 11.3 Å². The van der Waals surface area contributed by atoms with Crippen LogP contribution in [0.3, 0.4) is 0 Å². The van der Waals surface area contributed by atoms with E-state index in [4.69, 9.17) is 4.98 Å². The fourth-order valence-electron chi connectivity index (χ4n) is 3.18. The lowest BCUT2D eigenvalue weighted by Gasteiger charge is -2.32. The number of rotatable bonds is 5. The van der Waals surface area contributed by atoms with Crippen molar-refractivity contribution in [1.29, 1.82) is 0 Å². The number of anilines is 1. The largest absolute Gasteiger partial charge is 0.358 e. The smallest absolute Gasteiger partial charge is 0.195 e. The molecule has 1 aliphatic heterocycles. The van der Waals surface area contributed by atoms with Crippen molar-refractivity contribution in [3.05, 3.63) is 17.3 Å². The molecular weight excluding hydrogens is 282 g/mol. The number of imidazole rings is 1. The lowest BCUT2D eigenvalue weighted by atomic mass is 9.97. The van der Waals surface area contributed by atoms with Gasteiger partial charge in [-0.05, 0) is 45.9 Å². The number of nitrogens with zero attached hydrogens (tertiary/aromatic N) is 4. The van der Waals surface area contributed by atoms with Gasteiger partial charge in [-0.2, -0.15) is 0 Å². The van der Waals surface area contributed by atoms with Crippen LogP contribution in [0.25, 0.3) is 4.96 Å². The number of likely N-dealkylation sites (tertiary alicyclic amines) is 1. The molecule has 0 aliphatic carbocycles. The molecule has 0 amide bonds. The molecule has 2 aromatic rings. The van der Waals surface area contributed by atoms with Gasteiger partial charge in [-0.1, -0.05) is 0 Å². The summed E-state index contributed by atoms with van der Waals surface area (Å²) >= 11 is 1.70. The first kappa shape index (κ1) is 14.8. The van der Waals surface area contributed by atoms with Gasteiger partial charge >= 0.3 is 0 Å². The van der Waals surface area contributed by atoms with Gasteiger partial charge in [-0.3, -0.25) is 4.40 Å². The van der Waals surface area contributed by atoms with Crippen LogP contribution in [0, 0.1) is 5.92 Å². The maximum absolute atomic E-state index is 4.83. The Kier molecular flexibility index (Phi) is 4.47. The molecule has 21 heavy (non-hydrogen) atoms. The Balaban J connectivity index is 1.75. The predicted octanol–water partition coefficient (Wildman–Crippen LogP) is 1.89. The van der Waals surface area contributed by atoms with E-state index in [1.165, 1.54) is 31.6 Å². The molecule has 1 fully saturated rings. The highest BCUT2D eigenvalue weighted by Gasteiger charge is 2.21. The third kappa shape index (κ3) is 3.07. The Hall–Kier alpha value is -1.11. The maximum atomic E-state index is 4.83. The molecule has 0 spiro atoms. The van der Waals surface area contributed by atoms with E-state index in [1.807, 2.05) is 7.05 Å². The van der Waals surface area contributed by atoms with Gasteiger partial charge in [0.05, 0.1) is 5.69 Å². The van der Waals surface area contributed by atoms with E-state index in [0.717, 1.165) is 29.8 Å². The zero-order valence-corrected chi connectivity index (χ0v) is 14.0. The van der Waals surface area contributed by atoms with Crippen molar-refractivity contribution in [2.45, 2.75) is 19.4 Å². The highest BCUT2D eigenvalue weighted by molar-refractivity contribution is 7.15. The molecule has 116 valence electrons. The summed E-state index contributed by atoms with van der Waals surface area (Å²) in [6.07, 6.45) is 4.71. The minimum Gasteiger partial charge on any atom is -0.358 e. The number of thiazole rings is 1. The highest BCUT2D eigenvalue weighted by atomic mass is 32.1. The fraction of sp³-hybridized carbons (Fsp3) is 0.667. The van der Waals surface area contributed by atoms with Crippen molar-refractivity contribution in [2.75, 3.05) is 45.7 Å². The summed E-state index contributed by atoms with van der Waals surface area (Å²) in [6, 6.07) is 0. The van der Waals surface area contributed by atoms with Crippen molar-refractivity contribution < 1.29 is 0 Å². The molecule has 1 saturated heterocycles. The van der Waals surface area contributed by atoms with Gasteiger partial charge in [-0.15, -0.1) is 11.3 Å². The van der Waals surface area contributed by atoms with Crippen molar-refractivity contribution in [3.63, 3.8) is 0 Å². The Bertz CT molecular complexity index is 582. The third-order valence-corrected chi connectivity index (χ3v) is 5.17. The number of hydrogen-bond donors (Lipinski definition) is 1. The molecule has 1 N–H and O–H groups in total. The standard InChI is InChI=1S/C15H25N5S/c1-16-10-13-14(17-15-20(13)8-9-21-15)19(3)11-12-4-6-18(2)7-5-12/h8-9,12,16H,4-7,10-11H2,1-3H3. The van der Waals surface area contributed by atoms with E-state index in [1.54, 1.807) is 11.3 Å². The van der Waals surface area contributed by atoms with E-state index in [2.05, 4.69) is 45.2 Å². The number of fused-ring (bicyclic) bond motifs is 1. The SMILES string of the molecule is CNCc1c(N(C)CC2CCN(C)CC2)nc2sccn12. The summed E-state index contributed by atoms with van der Waals surface area (Å²) in [7, 11) is 6.39. The first-order chi connectivity index (χ1) is 10.2. The molecule has 0 atom stereocenters. The van der Waals surface area contributed by atoms with E-state index in [9.17, 15) is 0 Å². The van der Waals surface area contributed by atoms with Gasteiger partial charge in [0.15, 0.2) is 10.8 Å². The van der Waals surface area contributed by atoms with Gasteiger partial charge in [0.1, 0.15) is 0 Å². The van der Waals surface area contributed by atoms with E-state index < -0.39 is 0 Å². The van der Waals surface area contributed by atoms with Crippen LogP contribution in [0.1, 0.15) is 18.5 Å². The predicted molar refractivity (Wildman–Crippen MR) is 89.3 cm³/mol. The molecule has 0 unspecified atom stereocenters. The molecule has 6 heteroatoms. The van der Waals surface area contributed by atoms with Crippen LogP contribution in [0.15, 0.2) is 11.6 Å². The summed E-state index contributed by atoms with van der Waals surface area (Å²) in [5, 5.41) is 5.37. The fourth-order valence-corrected chi connectivity index (χ4v) is 3.91. The highest BCUT2D eigenvalue weighted by Crippen LogP contribution is 2.26. The van der Waals surface area contributed by atoms with Crippen molar-refractivity contribution in [3.8, 4) is 0 Å². The topological polar surface area (TPSA) is 35.8 Å². The Morgan fingerprint density at radius 3 is 2.90 bits per heavy atom. The minimum atomic E-state index is 0.786. The van der Waals surface area contributed by atoms with Crippen LogP contribution in [0.4, 0.5) is 5.82 Å². The normalized spacial score (nSPS) is 17.7. The van der Waals surface area contributed by atoms with Crippen LogP contribution in [-0.2, 0) is 6.54 Å². The van der Waals surface area contributed by atoms with Gasteiger partial charge in [-0.25, -0.2) is 4.98 Å². The maximum Gasteiger partial charge on any atom is 0.195 e. The summed E-state index contributed by atoms with van der Waals surface area (Å²) in [5.41, 5.74) is 1.27. The molecular formula is C15H25N5S. The zero-order valence-electron chi connectivity index (χ0n) is 13.2. The van der Waals surface area contributed by atoms with Gasteiger partial charge in [0, 0.05) is 31.7 Å². The summed E-state index contributed by atoms with van der Waals surface area (Å²) < 4.78 is 2.21. The zero-order chi connectivity index (χ0) is 14.8. The first-order valence-electron chi connectivity index (χ1n) is 7.67. The second-order valence-electron chi connectivity index (χ2n) is 6.10. The molecule has 5 nitrogen and oxygen atoms in total. The second kappa shape index (κ2) is 6.34. The van der Waals surface area contributed by atoms with Crippen LogP contribution < -0.4 is 10.2 Å². The number of piperidine rings is 1. The molecule has 0 radical (unpaired) electrons. The lowest BCUT2D eigenvalue weighted by molar-refractivity contribution is 0.222. The minimum absolute atomic E-state index is 0.786. The van der Waals surface area contributed by atoms with Crippen molar-refractivity contribution in [2.24, 2.45) is 5.92 Å². The molecule has 3 heterocycles. The van der Waals surface area contributed by atoms with Crippen molar-refractivity contribution in [1.82, 2.24) is 19.6 Å². The van der Waals surface area contributed by atoms with Crippen LogP contribution in [-0.4, -0.2) is 55.1 Å².